The van der Waals surface area contributed by atoms with E-state index in [0.717, 1.165) is 31.6 Å². The summed E-state index contributed by atoms with van der Waals surface area (Å²) in [6.07, 6.45) is 5.48. The minimum absolute atomic E-state index is 0.227. The summed E-state index contributed by atoms with van der Waals surface area (Å²) in [7, 11) is 0. The number of piperidine rings is 1. The van der Waals surface area contributed by atoms with Gasteiger partial charge in [-0.1, -0.05) is 6.42 Å². The maximum absolute atomic E-state index is 12.3. The second-order valence-corrected chi connectivity index (χ2v) is 6.33. The molecule has 0 bridgehead atoms. The molecule has 0 aromatic rings. The van der Waals surface area contributed by atoms with Crippen molar-refractivity contribution >= 4 is 17.7 Å². The van der Waals surface area contributed by atoms with E-state index in [0.29, 0.717) is 11.9 Å². The molecule has 2 N–H and O–H groups in total. The van der Waals surface area contributed by atoms with Crippen LogP contribution in [0.1, 0.15) is 39.0 Å². The second-order valence-electron chi connectivity index (χ2n) is 5.02. The molecule has 3 nitrogen and oxygen atoms in total. The molecule has 2 heterocycles. The Morgan fingerprint density at radius 1 is 1.38 bits per heavy atom. The van der Waals surface area contributed by atoms with Gasteiger partial charge in [-0.3, -0.25) is 4.79 Å². The van der Waals surface area contributed by atoms with Crippen molar-refractivity contribution in [3.05, 3.63) is 0 Å². The normalized spacial score (nSPS) is 36.1. The van der Waals surface area contributed by atoms with E-state index in [1.165, 1.54) is 12.8 Å². The van der Waals surface area contributed by atoms with E-state index in [4.69, 9.17) is 5.73 Å². The number of nitrogens with zero attached hydrogens (tertiary/aromatic N) is 1. The average Bonchev–Trinajstić information content (AvgIpc) is 2.29. The van der Waals surface area contributed by atoms with Crippen LogP contribution < -0.4 is 5.73 Å². The van der Waals surface area contributed by atoms with Crippen LogP contribution >= 0.6 is 11.8 Å². The van der Waals surface area contributed by atoms with Crippen LogP contribution in [0.4, 0.5) is 0 Å². The van der Waals surface area contributed by atoms with Crippen LogP contribution in [0.25, 0.3) is 0 Å². The lowest BCUT2D eigenvalue weighted by Crippen LogP contribution is -2.51. The van der Waals surface area contributed by atoms with Crippen molar-refractivity contribution in [2.24, 2.45) is 5.73 Å². The Kier molecular flexibility index (Phi) is 4.14. The third kappa shape index (κ3) is 2.72. The molecule has 0 radical (unpaired) electrons. The van der Waals surface area contributed by atoms with Crippen molar-refractivity contribution in [2.45, 2.75) is 56.4 Å². The summed E-state index contributed by atoms with van der Waals surface area (Å²) in [5.74, 6) is 1.52. The molecule has 2 aliphatic heterocycles. The summed E-state index contributed by atoms with van der Waals surface area (Å²) in [6, 6.07) is 0.622. The van der Waals surface area contributed by atoms with Crippen LogP contribution in [-0.2, 0) is 4.79 Å². The van der Waals surface area contributed by atoms with Gasteiger partial charge < -0.3 is 10.6 Å². The van der Waals surface area contributed by atoms with Crippen molar-refractivity contribution < 1.29 is 4.79 Å². The lowest BCUT2D eigenvalue weighted by atomic mass is 9.98. The third-order valence-corrected chi connectivity index (χ3v) is 5.02. The van der Waals surface area contributed by atoms with Gasteiger partial charge in [0.05, 0.1) is 5.25 Å². The van der Waals surface area contributed by atoms with Crippen LogP contribution in [0.15, 0.2) is 0 Å². The first-order chi connectivity index (χ1) is 7.68. The van der Waals surface area contributed by atoms with Crippen molar-refractivity contribution in [1.82, 2.24) is 4.90 Å². The molecule has 0 aromatic heterocycles. The van der Waals surface area contributed by atoms with Gasteiger partial charge in [0.1, 0.15) is 0 Å². The highest BCUT2D eigenvalue weighted by Crippen LogP contribution is 2.28. The standard InChI is InChI=1S/C12H22N2OS/c1-9-8-10(13)5-6-14(9)12(15)11-4-2-3-7-16-11/h9-11H,2-8,13H2,1H3. The van der Waals surface area contributed by atoms with Crippen molar-refractivity contribution in [3.63, 3.8) is 0 Å². The Morgan fingerprint density at radius 2 is 2.19 bits per heavy atom. The molecule has 4 heteroatoms. The highest BCUT2D eigenvalue weighted by molar-refractivity contribution is 8.00. The van der Waals surface area contributed by atoms with Gasteiger partial charge in [-0.15, -0.1) is 11.8 Å². The SMILES string of the molecule is CC1CC(N)CCN1C(=O)C1CCCCS1. The van der Waals surface area contributed by atoms with Gasteiger partial charge in [0.15, 0.2) is 0 Å². The molecule has 3 unspecified atom stereocenters. The fourth-order valence-electron chi connectivity index (χ4n) is 2.66. The zero-order valence-corrected chi connectivity index (χ0v) is 10.8. The van der Waals surface area contributed by atoms with Gasteiger partial charge in [-0.05, 0) is 38.4 Å². The van der Waals surface area contributed by atoms with E-state index < -0.39 is 0 Å². The zero-order valence-electron chi connectivity index (χ0n) is 10.0. The molecule has 2 fully saturated rings. The van der Waals surface area contributed by atoms with Crippen molar-refractivity contribution in [3.8, 4) is 0 Å². The number of likely N-dealkylation sites (tertiary alicyclic amines) is 1. The molecule has 0 aliphatic carbocycles. The Labute approximate surface area is 102 Å². The van der Waals surface area contributed by atoms with Crippen molar-refractivity contribution in [1.29, 1.82) is 0 Å². The fourth-order valence-corrected chi connectivity index (χ4v) is 3.92. The molecule has 1 amide bonds. The van der Waals surface area contributed by atoms with Crippen LogP contribution in [0, 0.1) is 0 Å². The Bertz CT molecular complexity index is 253. The summed E-state index contributed by atoms with van der Waals surface area (Å²) < 4.78 is 0. The number of carbonyl (C=O) groups excluding carboxylic acids is 1. The highest BCUT2D eigenvalue weighted by Gasteiger charge is 2.32. The average molecular weight is 242 g/mol. The molecule has 0 aromatic carbocycles. The molecule has 2 rings (SSSR count). The van der Waals surface area contributed by atoms with E-state index >= 15 is 0 Å². The summed E-state index contributed by atoms with van der Waals surface area (Å²) in [5, 5.41) is 0.227. The fraction of sp³-hybridized carbons (Fsp3) is 0.917. The Balaban J connectivity index is 1.92. The molecule has 92 valence electrons. The van der Waals surface area contributed by atoms with Gasteiger partial charge >= 0.3 is 0 Å². The van der Waals surface area contributed by atoms with E-state index in [9.17, 15) is 4.79 Å². The molecule has 3 atom stereocenters. The van der Waals surface area contributed by atoms with Crippen LogP contribution in [-0.4, -0.2) is 40.4 Å². The third-order valence-electron chi connectivity index (χ3n) is 3.65. The van der Waals surface area contributed by atoms with Gasteiger partial charge in [0, 0.05) is 18.6 Å². The zero-order chi connectivity index (χ0) is 11.5. The van der Waals surface area contributed by atoms with E-state index in [-0.39, 0.29) is 11.3 Å². The van der Waals surface area contributed by atoms with Gasteiger partial charge in [-0.25, -0.2) is 0 Å². The first kappa shape index (κ1) is 12.2. The number of amides is 1. The molecular formula is C12H22N2OS. The molecule has 2 saturated heterocycles. The Hall–Kier alpha value is -0.220. The van der Waals surface area contributed by atoms with Gasteiger partial charge in [-0.2, -0.15) is 0 Å². The molecule has 0 spiro atoms. The summed E-state index contributed by atoms with van der Waals surface area (Å²) >= 11 is 1.85. The highest BCUT2D eigenvalue weighted by atomic mass is 32.2. The smallest absolute Gasteiger partial charge is 0.235 e. The molecular weight excluding hydrogens is 220 g/mol. The topological polar surface area (TPSA) is 46.3 Å². The van der Waals surface area contributed by atoms with Crippen LogP contribution in [0.3, 0.4) is 0 Å². The van der Waals surface area contributed by atoms with E-state index in [1.807, 2.05) is 11.8 Å². The maximum atomic E-state index is 12.3. The predicted molar refractivity (Wildman–Crippen MR) is 68.5 cm³/mol. The molecule has 16 heavy (non-hydrogen) atoms. The number of nitrogens with two attached hydrogens (primary N) is 1. The number of hydrogen-bond donors (Lipinski definition) is 1. The van der Waals surface area contributed by atoms with Crippen LogP contribution in [0.2, 0.25) is 0 Å². The Morgan fingerprint density at radius 3 is 2.81 bits per heavy atom. The van der Waals surface area contributed by atoms with Gasteiger partial charge in [0.2, 0.25) is 5.91 Å². The number of thioether (sulfide) groups is 1. The number of carbonyl (C=O) groups is 1. The van der Waals surface area contributed by atoms with Crippen LogP contribution in [0.5, 0.6) is 0 Å². The summed E-state index contributed by atoms with van der Waals surface area (Å²) in [6.45, 7) is 2.99. The largest absolute Gasteiger partial charge is 0.339 e. The quantitative estimate of drug-likeness (QED) is 0.760. The lowest BCUT2D eigenvalue weighted by molar-refractivity contribution is -0.134. The van der Waals surface area contributed by atoms with Crippen molar-refractivity contribution in [2.75, 3.05) is 12.3 Å². The number of hydrogen-bond acceptors (Lipinski definition) is 3. The van der Waals surface area contributed by atoms with E-state index in [2.05, 4.69) is 11.8 Å². The minimum atomic E-state index is 0.227. The minimum Gasteiger partial charge on any atom is -0.339 e. The van der Waals surface area contributed by atoms with Gasteiger partial charge in [0.25, 0.3) is 0 Å². The first-order valence-electron chi connectivity index (χ1n) is 6.36. The predicted octanol–water partition coefficient (Wildman–Crippen LogP) is 1.61. The molecule has 0 saturated carbocycles. The first-order valence-corrected chi connectivity index (χ1v) is 7.41. The summed E-state index contributed by atoms with van der Waals surface area (Å²) in [4.78, 5) is 14.4. The number of rotatable bonds is 1. The maximum Gasteiger partial charge on any atom is 0.235 e. The summed E-state index contributed by atoms with van der Waals surface area (Å²) in [5.41, 5.74) is 5.92. The monoisotopic (exact) mass is 242 g/mol. The van der Waals surface area contributed by atoms with E-state index in [1.54, 1.807) is 0 Å². The second kappa shape index (κ2) is 5.41. The lowest BCUT2D eigenvalue weighted by Gasteiger charge is -2.38. The molecule has 2 aliphatic rings.